The van der Waals surface area contributed by atoms with Gasteiger partial charge in [-0.1, -0.05) is 97.8 Å². The van der Waals surface area contributed by atoms with E-state index in [1.165, 1.54) is 56.1 Å². The minimum absolute atomic E-state index is 0.175. The van der Waals surface area contributed by atoms with E-state index in [-0.39, 0.29) is 16.9 Å². The second-order valence-corrected chi connectivity index (χ2v) is 16.2. The third-order valence-electron chi connectivity index (χ3n) is 12.9. The molecule has 1 aromatic carbocycles. The zero-order valence-corrected chi connectivity index (χ0v) is 33.4. The van der Waals surface area contributed by atoms with Crippen LogP contribution in [0, 0.1) is 45.8 Å². The molecule has 3 saturated carbocycles. The van der Waals surface area contributed by atoms with Crippen LogP contribution in [0.4, 0.5) is 11.4 Å². The summed E-state index contributed by atoms with van der Waals surface area (Å²) >= 11 is 0. The summed E-state index contributed by atoms with van der Waals surface area (Å²) in [5.41, 5.74) is 24.5. The summed E-state index contributed by atoms with van der Waals surface area (Å²) in [5, 5.41) is 11.5. The average Bonchev–Trinajstić information content (AvgIpc) is 3.40. The third kappa shape index (κ3) is 8.93. The number of aliphatic hydroxyl groups is 1. The van der Waals surface area contributed by atoms with E-state index in [1.807, 2.05) is 52.8 Å². The van der Waals surface area contributed by atoms with Crippen molar-refractivity contribution < 1.29 is 5.11 Å². The fourth-order valence-electron chi connectivity index (χ4n) is 10.8. The predicted molar refractivity (Wildman–Crippen MR) is 212 cm³/mol. The fraction of sp³-hybridized carbons (Fsp3) is 0.727. The molecular formula is C44H77N3O. The van der Waals surface area contributed by atoms with Crippen molar-refractivity contribution in [3.05, 3.63) is 58.8 Å². The van der Waals surface area contributed by atoms with Crippen LogP contribution >= 0.6 is 0 Å². The van der Waals surface area contributed by atoms with Gasteiger partial charge in [0.1, 0.15) is 0 Å². The van der Waals surface area contributed by atoms with E-state index in [2.05, 4.69) is 66.7 Å². The Labute approximate surface area is 297 Å². The third-order valence-corrected chi connectivity index (χ3v) is 12.9. The van der Waals surface area contributed by atoms with Gasteiger partial charge in [0.15, 0.2) is 0 Å². The van der Waals surface area contributed by atoms with Gasteiger partial charge >= 0.3 is 0 Å². The summed E-state index contributed by atoms with van der Waals surface area (Å²) in [4.78, 5) is 0. The lowest BCUT2D eigenvalue weighted by atomic mass is 9.43. The summed E-state index contributed by atoms with van der Waals surface area (Å²) in [5.74, 6) is 4.04. The first kappa shape index (κ1) is 42.0. The standard InChI is InChI=1S/C35H54N2O.C5H11N.2C2H6/c1-22(2)8-7-9-23(3)27-13-14-28-26-12-15-31-34(5,29(26)16-18-33(27,28)4)19-17-32(38)35(31,6)21-24-10-11-25(36)20-30(24)37;1-3-4-5(2)6;2*1-2/h8,10-11,15,20,23,26-29,32,38H,7,9,12-14,16-19,21,36-37H2,1-6H3;4H,3,6H2,1-2H3;2*1-2H3/b;5-4+;;. The Bertz CT molecular complexity index is 1240. The lowest BCUT2D eigenvalue weighted by Gasteiger charge is -2.62. The molecule has 4 heteroatoms. The second-order valence-electron chi connectivity index (χ2n) is 16.2. The molecule has 0 radical (unpaired) electrons. The molecule has 0 spiro atoms. The van der Waals surface area contributed by atoms with Crippen LogP contribution in [0.5, 0.6) is 0 Å². The van der Waals surface area contributed by atoms with E-state index >= 15 is 0 Å². The fourth-order valence-corrected chi connectivity index (χ4v) is 10.8. The maximum absolute atomic E-state index is 11.5. The zero-order chi connectivity index (χ0) is 36.4. The molecule has 0 heterocycles. The summed E-state index contributed by atoms with van der Waals surface area (Å²) in [6, 6.07) is 5.90. The van der Waals surface area contributed by atoms with Gasteiger partial charge in [0, 0.05) is 22.5 Å². The quantitative estimate of drug-likeness (QED) is 0.172. The van der Waals surface area contributed by atoms with Crippen molar-refractivity contribution >= 4 is 11.4 Å². The molecule has 9 atom stereocenters. The number of hydrogen-bond donors (Lipinski definition) is 4. The molecular weight excluding hydrogens is 587 g/mol. The van der Waals surface area contributed by atoms with Crippen LogP contribution in [0.25, 0.3) is 0 Å². The van der Waals surface area contributed by atoms with E-state index in [0.717, 1.165) is 72.2 Å². The maximum Gasteiger partial charge on any atom is 0.0634 e. The molecule has 4 aliphatic carbocycles. The summed E-state index contributed by atoms with van der Waals surface area (Å²) in [7, 11) is 0. The Morgan fingerprint density at radius 2 is 1.60 bits per heavy atom. The first-order chi connectivity index (χ1) is 22.7. The van der Waals surface area contributed by atoms with Crippen LogP contribution in [0.2, 0.25) is 0 Å². The zero-order valence-electron chi connectivity index (χ0n) is 33.4. The van der Waals surface area contributed by atoms with Crippen molar-refractivity contribution in [3.63, 3.8) is 0 Å². The number of allylic oxidation sites excluding steroid dienone is 5. The first-order valence-electron chi connectivity index (χ1n) is 19.8. The summed E-state index contributed by atoms with van der Waals surface area (Å²) in [6.07, 6.45) is 19.8. The van der Waals surface area contributed by atoms with Gasteiger partial charge in [-0.25, -0.2) is 0 Å². The van der Waals surface area contributed by atoms with Crippen LogP contribution < -0.4 is 17.2 Å². The van der Waals surface area contributed by atoms with Crippen LogP contribution in [-0.4, -0.2) is 11.2 Å². The van der Waals surface area contributed by atoms with E-state index in [4.69, 9.17) is 17.2 Å². The Hall–Kier alpha value is -2.20. The Morgan fingerprint density at radius 3 is 2.17 bits per heavy atom. The van der Waals surface area contributed by atoms with E-state index in [9.17, 15) is 5.11 Å². The molecule has 9 unspecified atom stereocenters. The monoisotopic (exact) mass is 664 g/mol. The van der Waals surface area contributed by atoms with Crippen molar-refractivity contribution in [1.82, 2.24) is 0 Å². The SMILES string of the molecule is CC.CC.CC(C)=CCCC(C)C1CCC2C3CC=C4C(C)(Cc5ccc(N)cc5N)C(O)CCC4(C)C3CCC12C.CC/C=C(\C)N. The molecule has 0 aromatic heterocycles. The van der Waals surface area contributed by atoms with Crippen molar-refractivity contribution in [1.29, 1.82) is 0 Å². The lowest BCUT2D eigenvalue weighted by molar-refractivity contribution is -0.0813. The van der Waals surface area contributed by atoms with E-state index < -0.39 is 0 Å². The number of benzene rings is 1. The van der Waals surface area contributed by atoms with Crippen LogP contribution in [0.3, 0.4) is 0 Å². The van der Waals surface area contributed by atoms with Gasteiger partial charge in [0.05, 0.1) is 6.10 Å². The second kappa shape index (κ2) is 18.2. The van der Waals surface area contributed by atoms with Gasteiger partial charge in [0.25, 0.3) is 0 Å². The van der Waals surface area contributed by atoms with E-state index in [1.54, 1.807) is 0 Å². The number of nitrogens with two attached hydrogens (primary N) is 3. The predicted octanol–water partition coefficient (Wildman–Crippen LogP) is 11.6. The number of nitrogen functional groups attached to an aromatic ring is 2. The summed E-state index contributed by atoms with van der Waals surface area (Å²) < 4.78 is 0. The average molecular weight is 664 g/mol. The van der Waals surface area contributed by atoms with Gasteiger partial charge < -0.3 is 22.3 Å². The Balaban J connectivity index is 0.000000713. The number of anilines is 2. The maximum atomic E-state index is 11.5. The highest BCUT2D eigenvalue weighted by Gasteiger charge is 2.61. The Morgan fingerprint density at radius 1 is 0.938 bits per heavy atom. The minimum atomic E-state index is -0.332. The highest BCUT2D eigenvalue weighted by Crippen LogP contribution is 2.69. The molecule has 48 heavy (non-hydrogen) atoms. The normalized spacial score (nSPS) is 34.1. The van der Waals surface area contributed by atoms with E-state index in [0.29, 0.717) is 11.1 Å². The van der Waals surface area contributed by atoms with Gasteiger partial charge in [-0.2, -0.15) is 0 Å². The number of rotatable bonds is 7. The van der Waals surface area contributed by atoms with Gasteiger partial charge in [-0.05, 0) is 150 Å². The molecule has 0 aliphatic heterocycles. The number of fused-ring (bicyclic) bond motifs is 5. The molecule has 4 aliphatic rings. The topological polar surface area (TPSA) is 98.3 Å². The van der Waals surface area contributed by atoms with Crippen molar-refractivity contribution in [2.75, 3.05) is 11.5 Å². The molecule has 0 bridgehead atoms. The molecule has 5 rings (SSSR count). The highest BCUT2D eigenvalue weighted by atomic mass is 16.3. The van der Waals surface area contributed by atoms with Crippen molar-refractivity contribution in [2.24, 2.45) is 51.6 Å². The molecule has 0 amide bonds. The molecule has 0 saturated heterocycles. The lowest BCUT2D eigenvalue weighted by Crippen LogP contribution is -2.55. The van der Waals surface area contributed by atoms with Crippen LogP contribution in [0.15, 0.2) is 53.3 Å². The van der Waals surface area contributed by atoms with Gasteiger partial charge in [-0.3, -0.25) is 0 Å². The van der Waals surface area contributed by atoms with Gasteiger partial charge in [0.2, 0.25) is 0 Å². The summed E-state index contributed by atoms with van der Waals surface area (Å²) in [6.45, 7) is 26.5. The van der Waals surface area contributed by atoms with Crippen molar-refractivity contribution in [2.45, 2.75) is 160 Å². The van der Waals surface area contributed by atoms with Gasteiger partial charge in [-0.15, -0.1) is 0 Å². The molecule has 7 N–H and O–H groups in total. The van der Waals surface area contributed by atoms with Crippen molar-refractivity contribution in [3.8, 4) is 0 Å². The molecule has 274 valence electrons. The number of aliphatic hydroxyl groups excluding tert-OH is 1. The molecule has 4 nitrogen and oxygen atoms in total. The van der Waals surface area contributed by atoms with Crippen LogP contribution in [0.1, 0.15) is 153 Å². The minimum Gasteiger partial charge on any atom is -0.403 e. The smallest absolute Gasteiger partial charge is 0.0634 e. The molecule has 1 aromatic rings. The van der Waals surface area contributed by atoms with Crippen LogP contribution in [-0.2, 0) is 6.42 Å². The highest BCUT2D eigenvalue weighted by molar-refractivity contribution is 5.57. The number of hydrogen-bond acceptors (Lipinski definition) is 4. The largest absolute Gasteiger partial charge is 0.403 e. The molecule has 3 fully saturated rings. The first-order valence-corrected chi connectivity index (χ1v) is 19.8. The Kier molecular flexibility index (Phi) is 15.9.